The normalized spacial score (nSPS) is 16.5. The molecule has 2 aliphatic rings. The van der Waals surface area contributed by atoms with Crippen LogP contribution in [-0.4, -0.2) is 33.8 Å². The molecule has 1 fully saturated rings. The molecule has 36 heavy (non-hydrogen) atoms. The second-order valence-electron chi connectivity index (χ2n) is 9.02. The summed E-state index contributed by atoms with van der Waals surface area (Å²) in [5.41, 5.74) is 3.14. The van der Waals surface area contributed by atoms with Gasteiger partial charge in [-0.3, -0.25) is 14.9 Å². The molecule has 1 saturated carbocycles. The number of carbonyl (C=O) groups is 1. The van der Waals surface area contributed by atoms with Crippen molar-refractivity contribution in [3.8, 4) is 11.6 Å². The monoisotopic (exact) mass is 504 g/mol. The molecule has 8 nitrogen and oxygen atoms in total. The number of nitrogens with zero attached hydrogens (tertiary/aromatic N) is 4. The minimum atomic E-state index is -0.490. The van der Waals surface area contributed by atoms with Crippen molar-refractivity contribution < 1.29 is 14.5 Å². The van der Waals surface area contributed by atoms with E-state index in [2.05, 4.69) is 16.0 Å². The summed E-state index contributed by atoms with van der Waals surface area (Å²) in [5.74, 6) is 1.28. The van der Waals surface area contributed by atoms with Gasteiger partial charge in [-0.15, -0.1) is 0 Å². The van der Waals surface area contributed by atoms with Crippen LogP contribution in [0.5, 0.6) is 11.6 Å². The van der Waals surface area contributed by atoms with Crippen molar-refractivity contribution in [1.82, 2.24) is 9.97 Å². The third-order valence-electron chi connectivity index (χ3n) is 6.78. The largest absolute Gasteiger partial charge is 0.434 e. The number of aromatic nitrogens is 2. The van der Waals surface area contributed by atoms with Gasteiger partial charge in [0, 0.05) is 31.0 Å². The summed E-state index contributed by atoms with van der Waals surface area (Å²) in [6, 6.07) is 15.1. The molecule has 0 atom stereocenters. The molecule has 0 N–H and O–H groups in total. The highest BCUT2D eigenvalue weighted by molar-refractivity contribution is 6.30. The van der Waals surface area contributed by atoms with Gasteiger partial charge in [-0.05, 0) is 66.1 Å². The lowest BCUT2D eigenvalue weighted by Gasteiger charge is -2.27. The first-order valence-electron chi connectivity index (χ1n) is 12.0. The predicted octanol–water partition coefficient (Wildman–Crippen LogP) is 6.35. The van der Waals surface area contributed by atoms with Crippen LogP contribution in [0.15, 0.2) is 60.9 Å². The summed E-state index contributed by atoms with van der Waals surface area (Å²) in [7, 11) is 0. The number of nitro groups is 1. The topological polar surface area (TPSA) is 98.5 Å². The predicted molar refractivity (Wildman–Crippen MR) is 138 cm³/mol. The SMILES string of the molecule is O=C1CCC(c2ccc(Oc3ncnc(N4CC=C(c5ccc(Cl)cc5)CC4)c3[N+](=O)[O-])cc2)CC1. The van der Waals surface area contributed by atoms with Gasteiger partial charge in [-0.1, -0.05) is 41.9 Å². The van der Waals surface area contributed by atoms with Crippen molar-refractivity contribution in [2.24, 2.45) is 0 Å². The second kappa shape index (κ2) is 10.5. The Kier molecular flexibility index (Phi) is 6.95. The zero-order valence-corrected chi connectivity index (χ0v) is 20.4. The third-order valence-corrected chi connectivity index (χ3v) is 7.04. The second-order valence-corrected chi connectivity index (χ2v) is 9.46. The Morgan fingerprint density at radius 2 is 1.72 bits per heavy atom. The lowest BCUT2D eigenvalue weighted by molar-refractivity contribution is -0.385. The van der Waals surface area contributed by atoms with Crippen molar-refractivity contribution in [3.05, 3.63) is 87.2 Å². The first-order chi connectivity index (χ1) is 17.5. The number of hydrogen-bond donors (Lipinski definition) is 0. The maximum Gasteiger partial charge on any atom is 0.373 e. The average molecular weight is 505 g/mol. The van der Waals surface area contributed by atoms with Crippen molar-refractivity contribution >= 4 is 34.5 Å². The number of anilines is 1. The summed E-state index contributed by atoms with van der Waals surface area (Å²) in [6.07, 6.45) is 7.00. The van der Waals surface area contributed by atoms with Gasteiger partial charge in [-0.2, -0.15) is 4.98 Å². The molecule has 1 aliphatic heterocycles. The minimum absolute atomic E-state index is 0.0894. The molecule has 9 heteroatoms. The standard InChI is InChI=1S/C27H25ClN4O4/c28-22-7-1-18(2-8-22)21-13-15-31(16-14-21)26-25(32(34)35)27(30-17-29-26)36-24-11-5-20(6-12-24)19-3-9-23(33)10-4-19/h1-2,5-8,11-13,17,19H,3-4,9-10,14-16H2. The van der Waals surface area contributed by atoms with Gasteiger partial charge >= 0.3 is 11.6 Å². The molecule has 2 heterocycles. The number of hydrogen-bond acceptors (Lipinski definition) is 7. The molecule has 0 bridgehead atoms. The Labute approximate surface area is 213 Å². The van der Waals surface area contributed by atoms with Gasteiger partial charge in [0.05, 0.1) is 4.92 Å². The zero-order chi connectivity index (χ0) is 25.1. The molecule has 2 aromatic carbocycles. The maximum atomic E-state index is 12.0. The number of carbonyl (C=O) groups excluding carboxylic acids is 1. The van der Waals surface area contributed by atoms with Crippen LogP contribution in [0.25, 0.3) is 5.57 Å². The van der Waals surface area contributed by atoms with Gasteiger partial charge in [0.25, 0.3) is 0 Å². The van der Waals surface area contributed by atoms with Crippen molar-refractivity contribution in [2.45, 2.75) is 38.0 Å². The van der Waals surface area contributed by atoms with Crippen LogP contribution in [0.4, 0.5) is 11.5 Å². The van der Waals surface area contributed by atoms with E-state index in [0.717, 1.165) is 24.0 Å². The number of Topliss-reactive ketones (excluding diaryl/α,β-unsaturated/α-hetero) is 1. The Balaban J connectivity index is 1.33. The average Bonchev–Trinajstić information content (AvgIpc) is 2.90. The number of halogens is 1. The number of benzene rings is 2. The van der Waals surface area contributed by atoms with E-state index in [1.54, 1.807) is 12.1 Å². The molecular weight excluding hydrogens is 480 g/mol. The minimum Gasteiger partial charge on any atom is -0.434 e. The molecule has 3 aromatic rings. The van der Waals surface area contributed by atoms with Gasteiger partial charge < -0.3 is 9.64 Å². The van der Waals surface area contributed by atoms with E-state index in [4.69, 9.17) is 16.3 Å². The molecule has 0 amide bonds. The fourth-order valence-electron chi connectivity index (χ4n) is 4.80. The van der Waals surface area contributed by atoms with E-state index in [9.17, 15) is 14.9 Å². The third kappa shape index (κ3) is 5.23. The smallest absolute Gasteiger partial charge is 0.373 e. The summed E-state index contributed by atoms with van der Waals surface area (Å²) >= 11 is 5.99. The molecule has 1 aromatic heterocycles. The molecule has 0 radical (unpaired) electrons. The molecule has 0 saturated heterocycles. The van der Waals surface area contributed by atoms with Gasteiger partial charge in [0.2, 0.25) is 5.82 Å². The molecular formula is C27H25ClN4O4. The highest BCUT2D eigenvalue weighted by Gasteiger charge is 2.30. The van der Waals surface area contributed by atoms with Gasteiger partial charge in [-0.25, -0.2) is 4.98 Å². The van der Waals surface area contributed by atoms with Crippen LogP contribution in [0.1, 0.15) is 49.1 Å². The quantitative estimate of drug-likeness (QED) is 0.285. The van der Waals surface area contributed by atoms with Crippen LogP contribution in [0, 0.1) is 10.1 Å². The van der Waals surface area contributed by atoms with Crippen LogP contribution < -0.4 is 9.64 Å². The Morgan fingerprint density at radius 3 is 2.36 bits per heavy atom. The van der Waals surface area contributed by atoms with E-state index in [0.29, 0.717) is 54.8 Å². The molecule has 5 rings (SSSR count). The van der Waals surface area contributed by atoms with E-state index >= 15 is 0 Å². The van der Waals surface area contributed by atoms with Gasteiger partial charge in [0.15, 0.2) is 0 Å². The number of rotatable bonds is 6. The van der Waals surface area contributed by atoms with E-state index in [1.165, 1.54) is 11.9 Å². The first-order valence-corrected chi connectivity index (χ1v) is 12.3. The van der Waals surface area contributed by atoms with Crippen molar-refractivity contribution in [2.75, 3.05) is 18.0 Å². The van der Waals surface area contributed by atoms with Crippen molar-refractivity contribution in [1.29, 1.82) is 0 Å². The fourth-order valence-corrected chi connectivity index (χ4v) is 4.93. The lowest BCUT2D eigenvalue weighted by atomic mass is 9.83. The summed E-state index contributed by atoms with van der Waals surface area (Å²) in [6.45, 7) is 1.05. The molecule has 0 spiro atoms. The van der Waals surface area contributed by atoms with Crippen LogP contribution >= 0.6 is 11.6 Å². The van der Waals surface area contributed by atoms with E-state index in [1.807, 2.05) is 41.3 Å². The number of ketones is 1. The first kappa shape index (κ1) is 23.9. The highest BCUT2D eigenvalue weighted by Crippen LogP contribution is 2.38. The Morgan fingerprint density at radius 1 is 1.00 bits per heavy atom. The van der Waals surface area contributed by atoms with E-state index in [-0.39, 0.29) is 17.4 Å². The Bertz CT molecular complexity index is 1300. The van der Waals surface area contributed by atoms with Crippen molar-refractivity contribution in [3.63, 3.8) is 0 Å². The summed E-state index contributed by atoms with van der Waals surface area (Å²) in [5, 5.41) is 12.7. The molecule has 0 unspecified atom stereocenters. The summed E-state index contributed by atoms with van der Waals surface area (Å²) in [4.78, 5) is 33.2. The highest BCUT2D eigenvalue weighted by atomic mass is 35.5. The van der Waals surface area contributed by atoms with E-state index < -0.39 is 4.92 Å². The Hall–Kier alpha value is -3.78. The molecule has 1 aliphatic carbocycles. The number of ether oxygens (including phenoxy) is 1. The summed E-state index contributed by atoms with van der Waals surface area (Å²) < 4.78 is 5.86. The van der Waals surface area contributed by atoms with Crippen LogP contribution in [0.2, 0.25) is 5.02 Å². The van der Waals surface area contributed by atoms with Crippen LogP contribution in [0.3, 0.4) is 0 Å². The lowest BCUT2D eigenvalue weighted by Crippen LogP contribution is -2.29. The zero-order valence-electron chi connectivity index (χ0n) is 19.6. The maximum absolute atomic E-state index is 12.0. The molecule has 184 valence electrons. The van der Waals surface area contributed by atoms with Crippen LogP contribution in [-0.2, 0) is 4.79 Å². The fraction of sp³-hybridized carbons (Fsp3) is 0.296. The van der Waals surface area contributed by atoms with Gasteiger partial charge in [0.1, 0.15) is 17.9 Å².